The summed E-state index contributed by atoms with van der Waals surface area (Å²) in [5.41, 5.74) is 1.28. The Labute approximate surface area is 87.8 Å². The maximum absolute atomic E-state index is 9.37. The van der Waals surface area contributed by atoms with E-state index in [4.69, 9.17) is 4.65 Å². The van der Waals surface area contributed by atoms with Crippen LogP contribution in [0.5, 0.6) is 0 Å². The van der Waals surface area contributed by atoms with E-state index in [-0.39, 0.29) is 0 Å². The van der Waals surface area contributed by atoms with Gasteiger partial charge in [-0.1, -0.05) is 24.6 Å². The summed E-state index contributed by atoms with van der Waals surface area (Å²) in [6.07, 6.45) is 5.34. The van der Waals surface area contributed by atoms with Crippen LogP contribution >= 0.6 is 0 Å². The van der Waals surface area contributed by atoms with E-state index in [1.165, 1.54) is 5.57 Å². The molecule has 0 radical (unpaired) electrons. The smallest absolute Gasteiger partial charge is 0.427 e. The summed E-state index contributed by atoms with van der Waals surface area (Å²) in [6.45, 7) is 10.4. The molecule has 3 heteroatoms. The molecule has 0 aromatic carbocycles. The Bertz CT molecular complexity index is 186. The number of hydrogen-bond donors (Lipinski definition) is 1. The first-order valence-corrected chi connectivity index (χ1v) is 5.11. The lowest BCUT2D eigenvalue weighted by Gasteiger charge is -2.10. The number of rotatable bonds is 7. The number of hydrogen-bond acceptors (Lipinski definition) is 2. The highest BCUT2D eigenvalue weighted by molar-refractivity contribution is 6.42. The van der Waals surface area contributed by atoms with Gasteiger partial charge in [0.2, 0.25) is 0 Å². The third-order valence-corrected chi connectivity index (χ3v) is 1.79. The molecular weight excluding hydrogens is 175 g/mol. The molecule has 0 aliphatic rings. The summed E-state index contributed by atoms with van der Waals surface area (Å²) in [4.78, 5) is 0. The fraction of sp³-hybridized carbons (Fsp3) is 0.636. The minimum Gasteiger partial charge on any atom is -0.427 e. The fourth-order valence-electron chi connectivity index (χ4n) is 1.22. The molecule has 0 saturated heterocycles. The normalized spacial score (nSPS) is 12.0. The molecule has 0 amide bonds. The average Bonchev–Trinajstić information content (AvgIpc) is 2.10. The maximum atomic E-state index is 9.37. The lowest BCUT2D eigenvalue weighted by molar-refractivity contribution is 0.235. The quantitative estimate of drug-likeness (QED) is 0.501. The molecule has 0 aliphatic heterocycles. The zero-order chi connectivity index (χ0) is 11.0. The van der Waals surface area contributed by atoms with Gasteiger partial charge >= 0.3 is 7.12 Å². The summed E-state index contributed by atoms with van der Waals surface area (Å²) in [7, 11) is -0.652. The topological polar surface area (TPSA) is 29.5 Å². The Morgan fingerprint density at radius 2 is 2.21 bits per heavy atom. The molecule has 1 atom stereocenters. The summed E-state index contributed by atoms with van der Waals surface area (Å²) < 4.78 is 5.27. The van der Waals surface area contributed by atoms with E-state index in [2.05, 4.69) is 33.4 Å². The summed E-state index contributed by atoms with van der Waals surface area (Å²) in [5, 5.41) is 9.37. The van der Waals surface area contributed by atoms with Crippen molar-refractivity contribution < 1.29 is 9.68 Å². The molecule has 0 fully saturated rings. The average molecular weight is 196 g/mol. The van der Waals surface area contributed by atoms with Crippen LogP contribution in [0.2, 0.25) is 6.32 Å². The zero-order valence-corrected chi connectivity index (χ0v) is 9.49. The number of allylic oxidation sites excluding steroid dienone is 2. The first-order valence-electron chi connectivity index (χ1n) is 5.11. The zero-order valence-electron chi connectivity index (χ0n) is 9.49. The standard InChI is InChI=1S/C11H21BO2/c1-5-6-7-12(13)14-9-11(4)8-10(2)3/h5,8,11,13H,1,6-7,9H2,2-4H3. The summed E-state index contributed by atoms with van der Waals surface area (Å²) >= 11 is 0. The largest absolute Gasteiger partial charge is 0.454 e. The molecule has 0 bridgehead atoms. The van der Waals surface area contributed by atoms with Crippen LogP contribution in [0, 0.1) is 5.92 Å². The van der Waals surface area contributed by atoms with E-state index < -0.39 is 7.12 Å². The van der Waals surface area contributed by atoms with Crippen LogP contribution < -0.4 is 0 Å². The van der Waals surface area contributed by atoms with Gasteiger partial charge in [0, 0.05) is 6.61 Å². The van der Waals surface area contributed by atoms with Gasteiger partial charge in [0.25, 0.3) is 0 Å². The van der Waals surface area contributed by atoms with Gasteiger partial charge in [-0.05, 0) is 32.5 Å². The highest BCUT2D eigenvalue weighted by Gasteiger charge is 2.12. The molecule has 0 heterocycles. The van der Waals surface area contributed by atoms with Gasteiger partial charge in [0.15, 0.2) is 0 Å². The molecule has 1 unspecified atom stereocenters. The van der Waals surface area contributed by atoms with Crippen molar-refractivity contribution in [2.45, 2.75) is 33.5 Å². The van der Waals surface area contributed by atoms with Crippen molar-refractivity contribution >= 4 is 7.12 Å². The molecule has 0 spiro atoms. The van der Waals surface area contributed by atoms with Crippen molar-refractivity contribution in [2.24, 2.45) is 5.92 Å². The predicted molar refractivity (Wildman–Crippen MR) is 62.1 cm³/mol. The minimum atomic E-state index is -0.652. The molecule has 0 rings (SSSR count). The Morgan fingerprint density at radius 3 is 2.71 bits per heavy atom. The van der Waals surface area contributed by atoms with Gasteiger partial charge in [-0.25, -0.2) is 0 Å². The third-order valence-electron chi connectivity index (χ3n) is 1.79. The fourth-order valence-corrected chi connectivity index (χ4v) is 1.22. The highest BCUT2D eigenvalue weighted by atomic mass is 16.5. The second-order valence-electron chi connectivity index (χ2n) is 3.88. The van der Waals surface area contributed by atoms with Crippen LogP contribution in [0.3, 0.4) is 0 Å². The van der Waals surface area contributed by atoms with Crippen molar-refractivity contribution in [1.29, 1.82) is 0 Å². The molecule has 0 aromatic heterocycles. The molecule has 14 heavy (non-hydrogen) atoms. The molecule has 0 aromatic rings. The SMILES string of the molecule is C=CCCB(O)OCC(C)C=C(C)C. The van der Waals surface area contributed by atoms with Crippen LogP contribution in [-0.2, 0) is 4.65 Å². The van der Waals surface area contributed by atoms with Crippen LogP contribution in [0.4, 0.5) is 0 Å². The van der Waals surface area contributed by atoms with Gasteiger partial charge in [0.1, 0.15) is 0 Å². The van der Waals surface area contributed by atoms with Gasteiger partial charge in [-0.2, -0.15) is 0 Å². The predicted octanol–water partition coefficient (Wildman–Crippen LogP) is 2.66. The van der Waals surface area contributed by atoms with Gasteiger partial charge < -0.3 is 9.68 Å². The first-order chi connectivity index (χ1) is 6.56. The van der Waals surface area contributed by atoms with E-state index in [9.17, 15) is 5.02 Å². The van der Waals surface area contributed by atoms with Crippen molar-refractivity contribution in [3.05, 3.63) is 24.3 Å². The highest BCUT2D eigenvalue weighted by Crippen LogP contribution is 2.05. The van der Waals surface area contributed by atoms with E-state index in [0.717, 1.165) is 6.42 Å². The van der Waals surface area contributed by atoms with Crippen molar-refractivity contribution in [3.8, 4) is 0 Å². The van der Waals surface area contributed by atoms with E-state index in [0.29, 0.717) is 18.8 Å². The van der Waals surface area contributed by atoms with Crippen molar-refractivity contribution in [2.75, 3.05) is 6.61 Å². The maximum Gasteiger partial charge on any atom is 0.454 e. The van der Waals surface area contributed by atoms with Gasteiger partial charge in [-0.3, -0.25) is 0 Å². The van der Waals surface area contributed by atoms with Crippen LogP contribution in [0.1, 0.15) is 27.2 Å². The molecule has 1 N–H and O–H groups in total. The van der Waals surface area contributed by atoms with Crippen LogP contribution in [0.25, 0.3) is 0 Å². The van der Waals surface area contributed by atoms with E-state index in [1.807, 2.05) is 0 Å². The second-order valence-corrected chi connectivity index (χ2v) is 3.88. The molecule has 2 nitrogen and oxygen atoms in total. The van der Waals surface area contributed by atoms with E-state index in [1.54, 1.807) is 6.08 Å². The molecule has 80 valence electrons. The van der Waals surface area contributed by atoms with Crippen LogP contribution in [-0.4, -0.2) is 18.7 Å². The first kappa shape index (κ1) is 13.5. The Hall–Kier alpha value is -0.535. The third kappa shape index (κ3) is 8.08. The second kappa shape index (κ2) is 7.83. The van der Waals surface area contributed by atoms with E-state index >= 15 is 0 Å². The lowest BCUT2D eigenvalue weighted by atomic mass is 9.83. The van der Waals surface area contributed by atoms with Gasteiger partial charge in [0.05, 0.1) is 0 Å². The minimum absolute atomic E-state index is 0.360. The Kier molecular flexibility index (Phi) is 7.53. The lowest BCUT2D eigenvalue weighted by Crippen LogP contribution is -2.20. The molecule has 0 aliphatic carbocycles. The van der Waals surface area contributed by atoms with Gasteiger partial charge in [-0.15, -0.1) is 6.58 Å². The molecular formula is C11H21BO2. The Balaban J connectivity index is 3.60. The molecule has 0 saturated carbocycles. The van der Waals surface area contributed by atoms with Crippen molar-refractivity contribution in [3.63, 3.8) is 0 Å². The summed E-state index contributed by atoms with van der Waals surface area (Å²) in [5.74, 6) is 0.360. The monoisotopic (exact) mass is 196 g/mol. The van der Waals surface area contributed by atoms with Crippen molar-refractivity contribution in [1.82, 2.24) is 0 Å². The van der Waals surface area contributed by atoms with Crippen LogP contribution in [0.15, 0.2) is 24.3 Å². The Morgan fingerprint density at radius 1 is 1.57 bits per heavy atom. The summed E-state index contributed by atoms with van der Waals surface area (Å²) in [6, 6.07) is 0.